The number of H-pyrrole nitrogens is 1. The molecule has 2 saturated heterocycles. The van der Waals surface area contributed by atoms with Crippen molar-refractivity contribution < 1.29 is 9.53 Å². The molecular formula is C15H20N6O2. The minimum atomic E-state index is 0.117. The maximum atomic E-state index is 12.6. The summed E-state index contributed by atoms with van der Waals surface area (Å²) in [4.78, 5) is 25.3. The van der Waals surface area contributed by atoms with E-state index < -0.39 is 0 Å². The molecule has 0 atom stereocenters. The summed E-state index contributed by atoms with van der Waals surface area (Å²) in [5, 5.41) is 7.84. The van der Waals surface area contributed by atoms with Crippen LogP contribution in [0.5, 0.6) is 0 Å². The Morgan fingerprint density at radius 1 is 1.17 bits per heavy atom. The maximum absolute atomic E-state index is 12.6. The predicted molar refractivity (Wildman–Crippen MR) is 84.0 cm³/mol. The number of carbonyl (C=O) groups excluding carboxylic acids is 1. The standard InChI is InChI=1S/C15H20N6O2/c22-15(21-5-7-23-8-6-21)11-1-3-20(4-2-11)14-12-9-18-19-13(12)16-10-17-14/h9-11H,1-8H2,(H,16,17,18,19). The maximum Gasteiger partial charge on any atom is 0.225 e. The second-order valence-electron chi connectivity index (χ2n) is 6.03. The number of carbonyl (C=O) groups is 1. The third kappa shape index (κ3) is 2.74. The van der Waals surface area contributed by atoms with Crippen molar-refractivity contribution in [1.29, 1.82) is 0 Å². The summed E-state index contributed by atoms with van der Waals surface area (Å²) in [6, 6.07) is 0. The molecule has 8 nitrogen and oxygen atoms in total. The van der Waals surface area contributed by atoms with E-state index in [2.05, 4.69) is 25.1 Å². The minimum Gasteiger partial charge on any atom is -0.378 e. The summed E-state index contributed by atoms with van der Waals surface area (Å²) >= 11 is 0. The topological polar surface area (TPSA) is 87.2 Å². The molecule has 0 spiro atoms. The Morgan fingerprint density at radius 3 is 2.74 bits per heavy atom. The minimum absolute atomic E-state index is 0.117. The molecule has 0 unspecified atom stereocenters. The third-order valence-corrected chi connectivity index (χ3v) is 4.69. The van der Waals surface area contributed by atoms with Gasteiger partial charge in [-0.25, -0.2) is 9.97 Å². The van der Waals surface area contributed by atoms with Gasteiger partial charge in [-0.05, 0) is 12.8 Å². The van der Waals surface area contributed by atoms with Crippen LogP contribution in [0.25, 0.3) is 11.0 Å². The van der Waals surface area contributed by atoms with Gasteiger partial charge in [0.1, 0.15) is 12.1 Å². The first-order chi connectivity index (χ1) is 11.3. The van der Waals surface area contributed by atoms with Gasteiger partial charge in [0.05, 0.1) is 24.8 Å². The molecule has 0 bridgehead atoms. The number of morpholine rings is 1. The van der Waals surface area contributed by atoms with Crippen LogP contribution in [0, 0.1) is 5.92 Å². The second kappa shape index (κ2) is 6.11. The highest BCUT2D eigenvalue weighted by Crippen LogP contribution is 2.27. The highest BCUT2D eigenvalue weighted by molar-refractivity contribution is 5.86. The number of amides is 1. The average Bonchev–Trinajstić information content (AvgIpc) is 3.11. The summed E-state index contributed by atoms with van der Waals surface area (Å²) < 4.78 is 5.32. The Hall–Kier alpha value is -2.22. The molecule has 122 valence electrons. The number of aromatic amines is 1. The lowest BCUT2D eigenvalue weighted by molar-refractivity contribution is -0.140. The molecule has 2 aliphatic heterocycles. The molecule has 4 rings (SSSR count). The number of hydrogen-bond acceptors (Lipinski definition) is 6. The molecule has 0 saturated carbocycles. The van der Waals surface area contributed by atoms with Crippen LogP contribution < -0.4 is 4.90 Å². The SMILES string of the molecule is O=C(C1CCN(c2ncnc3[nH]ncc23)CC1)N1CCOCC1. The van der Waals surface area contributed by atoms with Gasteiger partial charge in [0, 0.05) is 32.1 Å². The van der Waals surface area contributed by atoms with Crippen LogP contribution in [-0.4, -0.2) is 70.4 Å². The van der Waals surface area contributed by atoms with E-state index in [0.717, 1.165) is 55.9 Å². The first-order valence-electron chi connectivity index (χ1n) is 8.08. The predicted octanol–water partition coefficient (Wildman–Crippen LogP) is 0.428. The van der Waals surface area contributed by atoms with Crippen molar-refractivity contribution >= 4 is 22.8 Å². The zero-order valence-corrected chi connectivity index (χ0v) is 12.9. The molecular weight excluding hydrogens is 296 g/mol. The van der Waals surface area contributed by atoms with Crippen LogP contribution in [0.1, 0.15) is 12.8 Å². The highest BCUT2D eigenvalue weighted by atomic mass is 16.5. The summed E-state index contributed by atoms with van der Waals surface area (Å²) in [5.41, 5.74) is 0.751. The first-order valence-corrected chi connectivity index (χ1v) is 8.08. The molecule has 23 heavy (non-hydrogen) atoms. The molecule has 8 heteroatoms. The number of nitrogens with zero attached hydrogens (tertiary/aromatic N) is 5. The molecule has 2 aromatic rings. The number of hydrogen-bond donors (Lipinski definition) is 1. The summed E-state index contributed by atoms with van der Waals surface area (Å²) in [6.45, 7) is 4.42. The van der Waals surface area contributed by atoms with Crippen molar-refractivity contribution in [3.8, 4) is 0 Å². The molecule has 1 N–H and O–H groups in total. The number of fused-ring (bicyclic) bond motifs is 1. The fraction of sp³-hybridized carbons (Fsp3) is 0.600. The van der Waals surface area contributed by atoms with Crippen molar-refractivity contribution in [2.45, 2.75) is 12.8 Å². The third-order valence-electron chi connectivity index (χ3n) is 4.69. The zero-order chi connectivity index (χ0) is 15.6. The fourth-order valence-electron chi connectivity index (χ4n) is 3.38. The lowest BCUT2D eigenvalue weighted by atomic mass is 9.95. The van der Waals surface area contributed by atoms with E-state index in [1.54, 1.807) is 12.5 Å². The van der Waals surface area contributed by atoms with Crippen LogP contribution in [0.3, 0.4) is 0 Å². The Balaban J connectivity index is 1.42. The van der Waals surface area contributed by atoms with E-state index in [1.807, 2.05) is 4.90 Å². The first kappa shape index (κ1) is 14.4. The second-order valence-corrected chi connectivity index (χ2v) is 6.03. The normalized spacial score (nSPS) is 20.2. The zero-order valence-electron chi connectivity index (χ0n) is 12.9. The highest BCUT2D eigenvalue weighted by Gasteiger charge is 2.30. The summed E-state index contributed by atoms with van der Waals surface area (Å²) in [6.07, 6.45) is 5.04. The van der Waals surface area contributed by atoms with Gasteiger partial charge in [-0.3, -0.25) is 9.89 Å². The molecule has 4 heterocycles. The van der Waals surface area contributed by atoms with Crippen LogP contribution >= 0.6 is 0 Å². The molecule has 1 amide bonds. The van der Waals surface area contributed by atoms with Crippen molar-refractivity contribution in [2.24, 2.45) is 5.92 Å². The van der Waals surface area contributed by atoms with Crippen molar-refractivity contribution in [1.82, 2.24) is 25.1 Å². The molecule has 0 radical (unpaired) electrons. The van der Waals surface area contributed by atoms with Gasteiger partial charge in [-0.15, -0.1) is 0 Å². The Morgan fingerprint density at radius 2 is 1.96 bits per heavy atom. The lowest BCUT2D eigenvalue weighted by Gasteiger charge is -2.36. The van der Waals surface area contributed by atoms with Gasteiger partial charge in [-0.2, -0.15) is 5.10 Å². The monoisotopic (exact) mass is 316 g/mol. The number of rotatable bonds is 2. The van der Waals surface area contributed by atoms with E-state index in [-0.39, 0.29) is 11.8 Å². The summed E-state index contributed by atoms with van der Waals surface area (Å²) in [7, 11) is 0. The number of aromatic nitrogens is 4. The van der Waals surface area contributed by atoms with Gasteiger partial charge >= 0.3 is 0 Å². The lowest BCUT2D eigenvalue weighted by Crippen LogP contribution is -2.47. The van der Waals surface area contributed by atoms with Crippen LogP contribution in [-0.2, 0) is 9.53 Å². The molecule has 0 aliphatic carbocycles. The van der Waals surface area contributed by atoms with E-state index in [1.165, 1.54) is 0 Å². The number of anilines is 1. The molecule has 2 aliphatic rings. The van der Waals surface area contributed by atoms with Gasteiger partial charge in [0.2, 0.25) is 5.91 Å². The van der Waals surface area contributed by atoms with Gasteiger partial charge in [-0.1, -0.05) is 0 Å². The summed E-state index contributed by atoms with van der Waals surface area (Å²) in [5.74, 6) is 1.30. The quantitative estimate of drug-likeness (QED) is 0.864. The van der Waals surface area contributed by atoms with Crippen LogP contribution in [0.4, 0.5) is 5.82 Å². The average molecular weight is 316 g/mol. The van der Waals surface area contributed by atoms with E-state index >= 15 is 0 Å². The van der Waals surface area contributed by atoms with Crippen molar-refractivity contribution in [3.05, 3.63) is 12.5 Å². The van der Waals surface area contributed by atoms with Crippen LogP contribution in [0.2, 0.25) is 0 Å². The molecule has 2 aromatic heterocycles. The molecule has 2 fully saturated rings. The van der Waals surface area contributed by atoms with E-state index in [0.29, 0.717) is 13.2 Å². The smallest absolute Gasteiger partial charge is 0.225 e. The van der Waals surface area contributed by atoms with E-state index in [4.69, 9.17) is 4.74 Å². The van der Waals surface area contributed by atoms with Gasteiger partial charge in [0.15, 0.2) is 5.65 Å². The Kier molecular flexibility index (Phi) is 3.82. The molecule has 0 aromatic carbocycles. The number of ether oxygens (including phenoxy) is 1. The van der Waals surface area contributed by atoms with Crippen molar-refractivity contribution in [3.63, 3.8) is 0 Å². The van der Waals surface area contributed by atoms with Gasteiger partial charge < -0.3 is 14.5 Å². The van der Waals surface area contributed by atoms with Gasteiger partial charge in [0.25, 0.3) is 0 Å². The fourth-order valence-corrected chi connectivity index (χ4v) is 3.38. The number of nitrogens with one attached hydrogen (secondary N) is 1. The Bertz CT molecular complexity index is 688. The Labute approximate surface area is 133 Å². The van der Waals surface area contributed by atoms with Crippen LogP contribution in [0.15, 0.2) is 12.5 Å². The van der Waals surface area contributed by atoms with E-state index in [9.17, 15) is 4.79 Å². The number of piperidine rings is 1. The van der Waals surface area contributed by atoms with Crippen molar-refractivity contribution in [2.75, 3.05) is 44.3 Å². The largest absolute Gasteiger partial charge is 0.378 e.